The van der Waals surface area contributed by atoms with Crippen molar-refractivity contribution in [1.29, 1.82) is 0 Å². The van der Waals surface area contributed by atoms with Crippen molar-refractivity contribution in [3.8, 4) is 0 Å². The zero-order valence-corrected chi connectivity index (χ0v) is 11.6. The molecule has 0 radical (unpaired) electrons. The van der Waals surface area contributed by atoms with Crippen LogP contribution >= 0.6 is 11.3 Å². The second-order valence-corrected chi connectivity index (χ2v) is 5.59. The number of hydrogen-bond donors (Lipinski definition) is 2. The van der Waals surface area contributed by atoms with Crippen LogP contribution in [0.2, 0.25) is 0 Å². The molecule has 1 heterocycles. The topological polar surface area (TPSA) is 71.5 Å². The van der Waals surface area contributed by atoms with Gasteiger partial charge in [-0.2, -0.15) is 0 Å². The number of nitrogens with zero attached hydrogens (tertiary/aromatic N) is 1. The predicted molar refractivity (Wildman–Crippen MR) is 70.7 cm³/mol. The summed E-state index contributed by atoms with van der Waals surface area (Å²) in [6.45, 7) is -0.0368. The Morgan fingerprint density at radius 2 is 2.40 bits per heavy atom. The van der Waals surface area contributed by atoms with Gasteiger partial charge in [-0.05, 0) is 19.3 Å². The zero-order valence-electron chi connectivity index (χ0n) is 10.8. The first-order valence-corrected chi connectivity index (χ1v) is 7.21. The van der Waals surface area contributed by atoms with E-state index in [-0.39, 0.29) is 6.61 Å². The second-order valence-electron chi connectivity index (χ2n) is 4.50. The third-order valence-corrected chi connectivity index (χ3v) is 4.11. The highest BCUT2D eigenvalue weighted by Gasteiger charge is 2.29. The fourth-order valence-electron chi connectivity index (χ4n) is 2.14. The SMILES string of the molecule is O=C(O)C1CCCc2sc(NCCOCC(F)F)nc21. The molecule has 1 aromatic rings. The highest BCUT2D eigenvalue weighted by atomic mass is 32.1. The Kier molecular flexibility index (Phi) is 5.24. The molecule has 1 aliphatic rings. The minimum absolute atomic E-state index is 0.164. The van der Waals surface area contributed by atoms with Crippen LogP contribution in [0.3, 0.4) is 0 Å². The number of hydrogen-bond acceptors (Lipinski definition) is 5. The quantitative estimate of drug-likeness (QED) is 0.757. The number of nitrogens with one attached hydrogen (secondary N) is 1. The number of carboxylic acids is 1. The Morgan fingerprint density at radius 1 is 1.60 bits per heavy atom. The molecule has 0 aliphatic heterocycles. The van der Waals surface area contributed by atoms with Crippen molar-refractivity contribution in [2.75, 3.05) is 25.1 Å². The van der Waals surface area contributed by atoms with Crippen LogP contribution in [0.5, 0.6) is 0 Å². The summed E-state index contributed by atoms with van der Waals surface area (Å²) in [4.78, 5) is 16.5. The van der Waals surface area contributed by atoms with Crippen molar-refractivity contribution in [2.24, 2.45) is 0 Å². The zero-order chi connectivity index (χ0) is 14.5. The van der Waals surface area contributed by atoms with Gasteiger partial charge in [-0.1, -0.05) is 0 Å². The van der Waals surface area contributed by atoms with Crippen LogP contribution in [0.1, 0.15) is 29.3 Å². The molecule has 1 unspecified atom stereocenters. The normalized spacial score (nSPS) is 18.1. The number of aliphatic carboxylic acids is 1. The molecule has 0 spiro atoms. The summed E-state index contributed by atoms with van der Waals surface area (Å²) < 4.78 is 28.4. The maximum absolute atomic E-state index is 11.8. The van der Waals surface area contributed by atoms with Crippen LogP contribution in [-0.2, 0) is 16.0 Å². The molecule has 1 aliphatic carbocycles. The van der Waals surface area contributed by atoms with Gasteiger partial charge in [0.05, 0.1) is 12.3 Å². The van der Waals surface area contributed by atoms with Gasteiger partial charge in [0, 0.05) is 11.4 Å². The van der Waals surface area contributed by atoms with Crippen LogP contribution in [-0.4, -0.2) is 42.2 Å². The van der Waals surface area contributed by atoms with Gasteiger partial charge in [0.2, 0.25) is 0 Å². The van der Waals surface area contributed by atoms with E-state index < -0.39 is 24.9 Å². The van der Waals surface area contributed by atoms with Crippen molar-refractivity contribution in [1.82, 2.24) is 4.98 Å². The lowest BCUT2D eigenvalue weighted by atomic mass is 9.91. The maximum Gasteiger partial charge on any atom is 0.312 e. The van der Waals surface area contributed by atoms with Gasteiger partial charge >= 0.3 is 5.97 Å². The van der Waals surface area contributed by atoms with Crippen LogP contribution in [0.15, 0.2) is 0 Å². The van der Waals surface area contributed by atoms with E-state index in [0.29, 0.717) is 23.8 Å². The molecule has 112 valence electrons. The van der Waals surface area contributed by atoms with E-state index in [0.717, 1.165) is 17.7 Å². The summed E-state index contributed by atoms with van der Waals surface area (Å²) in [7, 11) is 0. The average molecular weight is 306 g/mol. The first kappa shape index (κ1) is 15.1. The minimum atomic E-state index is -2.46. The number of aromatic nitrogens is 1. The number of halogens is 2. The van der Waals surface area contributed by atoms with E-state index in [1.165, 1.54) is 11.3 Å². The summed E-state index contributed by atoms with van der Waals surface area (Å²) in [5.41, 5.74) is 0.643. The number of anilines is 1. The Balaban J connectivity index is 1.86. The van der Waals surface area contributed by atoms with Gasteiger partial charge in [-0.15, -0.1) is 11.3 Å². The molecule has 0 fully saturated rings. The lowest BCUT2D eigenvalue weighted by Gasteiger charge is -2.16. The van der Waals surface area contributed by atoms with Crippen LogP contribution in [0, 0.1) is 0 Å². The molecule has 1 atom stereocenters. The summed E-state index contributed by atoms with van der Waals surface area (Å²) in [6.07, 6.45) is -0.148. The van der Waals surface area contributed by atoms with Gasteiger partial charge < -0.3 is 15.2 Å². The van der Waals surface area contributed by atoms with E-state index in [2.05, 4.69) is 10.3 Å². The van der Waals surface area contributed by atoms with Gasteiger partial charge in [-0.25, -0.2) is 13.8 Å². The number of carboxylic acid groups (broad SMARTS) is 1. The molecular weight excluding hydrogens is 290 g/mol. The van der Waals surface area contributed by atoms with E-state index >= 15 is 0 Å². The lowest BCUT2D eigenvalue weighted by Crippen LogP contribution is -2.17. The molecule has 0 bridgehead atoms. The van der Waals surface area contributed by atoms with Gasteiger partial charge in [0.25, 0.3) is 6.43 Å². The molecule has 0 aromatic carbocycles. The van der Waals surface area contributed by atoms with E-state index in [1.807, 2.05) is 0 Å². The van der Waals surface area contributed by atoms with Gasteiger partial charge in [0.15, 0.2) is 5.13 Å². The minimum Gasteiger partial charge on any atom is -0.481 e. The molecule has 2 N–H and O–H groups in total. The largest absolute Gasteiger partial charge is 0.481 e. The van der Waals surface area contributed by atoms with E-state index in [1.54, 1.807) is 0 Å². The maximum atomic E-state index is 11.8. The molecule has 8 heteroatoms. The third kappa shape index (κ3) is 3.86. The van der Waals surface area contributed by atoms with Crippen molar-refractivity contribution >= 4 is 22.4 Å². The summed E-state index contributed by atoms with van der Waals surface area (Å²) in [5, 5.41) is 12.8. The fourth-order valence-corrected chi connectivity index (χ4v) is 3.23. The first-order chi connectivity index (χ1) is 9.58. The predicted octanol–water partition coefficient (Wildman–Crippen LogP) is 2.34. The molecular formula is C12H16F2N2O3S. The third-order valence-electron chi connectivity index (χ3n) is 3.02. The van der Waals surface area contributed by atoms with Crippen molar-refractivity contribution in [3.05, 3.63) is 10.6 Å². The standard InChI is InChI=1S/C12H16F2N2O3S/c13-9(14)6-19-5-4-15-12-16-10-7(11(17)18)2-1-3-8(10)20-12/h7,9H,1-6H2,(H,15,16)(H,17,18). The summed E-state index contributed by atoms with van der Waals surface area (Å²) >= 11 is 1.43. The molecule has 1 aromatic heterocycles. The van der Waals surface area contributed by atoms with Crippen LogP contribution in [0.25, 0.3) is 0 Å². The molecule has 2 rings (SSSR count). The smallest absolute Gasteiger partial charge is 0.312 e. The Bertz CT molecular complexity index is 468. The molecule has 20 heavy (non-hydrogen) atoms. The van der Waals surface area contributed by atoms with Crippen LogP contribution in [0.4, 0.5) is 13.9 Å². The number of aryl methyl sites for hydroxylation is 1. The monoisotopic (exact) mass is 306 g/mol. The molecule has 5 nitrogen and oxygen atoms in total. The number of rotatable bonds is 7. The Labute approximate surface area is 119 Å². The molecule has 0 saturated heterocycles. The highest BCUT2D eigenvalue weighted by Crippen LogP contribution is 2.36. The lowest BCUT2D eigenvalue weighted by molar-refractivity contribution is -0.139. The summed E-state index contributed by atoms with van der Waals surface area (Å²) in [5.74, 6) is -1.37. The first-order valence-electron chi connectivity index (χ1n) is 6.40. The Morgan fingerprint density at radius 3 is 3.10 bits per heavy atom. The molecule has 0 amide bonds. The number of fused-ring (bicyclic) bond motifs is 1. The van der Waals surface area contributed by atoms with Crippen molar-refractivity contribution < 1.29 is 23.4 Å². The molecule has 0 saturated carbocycles. The van der Waals surface area contributed by atoms with E-state index in [9.17, 15) is 13.6 Å². The van der Waals surface area contributed by atoms with Crippen molar-refractivity contribution in [2.45, 2.75) is 31.6 Å². The number of alkyl halides is 2. The Hall–Kier alpha value is -1.28. The van der Waals surface area contributed by atoms with Crippen molar-refractivity contribution in [3.63, 3.8) is 0 Å². The summed E-state index contributed by atoms with van der Waals surface area (Å²) in [6, 6.07) is 0. The number of carbonyl (C=O) groups is 1. The van der Waals surface area contributed by atoms with Crippen LogP contribution < -0.4 is 5.32 Å². The second kappa shape index (κ2) is 6.94. The average Bonchev–Trinajstić information content (AvgIpc) is 2.80. The van der Waals surface area contributed by atoms with E-state index in [4.69, 9.17) is 9.84 Å². The number of thiazole rings is 1. The fraction of sp³-hybridized carbons (Fsp3) is 0.667. The number of ether oxygens (including phenoxy) is 1. The van der Waals surface area contributed by atoms with Gasteiger partial charge in [-0.3, -0.25) is 4.79 Å². The highest BCUT2D eigenvalue weighted by molar-refractivity contribution is 7.15. The van der Waals surface area contributed by atoms with Gasteiger partial charge in [0.1, 0.15) is 12.5 Å².